The number of aromatic nitrogens is 2. The number of thioether (sulfide) groups is 1. The summed E-state index contributed by atoms with van der Waals surface area (Å²) in [4.78, 5) is 11.0. The van der Waals surface area contributed by atoms with E-state index in [1.54, 1.807) is 11.8 Å². The van der Waals surface area contributed by atoms with Crippen LogP contribution in [0.25, 0.3) is 11.0 Å². The Bertz CT molecular complexity index is 515. The van der Waals surface area contributed by atoms with Gasteiger partial charge in [0.1, 0.15) is 0 Å². The fraction of sp³-hybridized carbons (Fsp3) is 0.333. The monoisotopic (exact) mass is 248 g/mol. The number of para-hydroxylation sites is 2. The Morgan fingerprint density at radius 1 is 1.24 bits per heavy atom. The molecule has 1 aromatic heterocycles. The maximum Gasteiger partial charge on any atom is 0.171 e. The first-order valence-electron chi connectivity index (χ1n) is 5.44. The first-order valence-corrected chi connectivity index (χ1v) is 6.84. The van der Waals surface area contributed by atoms with E-state index in [-0.39, 0.29) is 0 Å². The van der Waals surface area contributed by atoms with Crippen LogP contribution in [0.1, 0.15) is 0 Å². The molecule has 2 aromatic rings. The molecule has 0 saturated heterocycles. The molecule has 0 aliphatic heterocycles. The molecule has 0 radical (unpaired) electrons. The SMILES string of the molecule is CSCCN(C)c1nc2ccccc2nc1N. The summed E-state index contributed by atoms with van der Waals surface area (Å²) in [6.07, 6.45) is 2.09. The highest BCUT2D eigenvalue weighted by atomic mass is 32.2. The highest BCUT2D eigenvalue weighted by Gasteiger charge is 2.09. The first kappa shape index (κ1) is 12.0. The van der Waals surface area contributed by atoms with Gasteiger partial charge >= 0.3 is 0 Å². The molecule has 0 atom stereocenters. The molecule has 1 aromatic carbocycles. The summed E-state index contributed by atoms with van der Waals surface area (Å²) in [5, 5.41) is 0. The van der Waals surface area contributed by atoms with Crippen molar-refractivity contribution < 1.29 is 0 Å². The van der Waals surface area contributed by atoms with Gasteiger partial charge < -0.3 is 10.6 Å². The lowest BCUT2D eigenvalue weighted by molar-refractivity contribution is 0.949. The third kappa shape index (κ3) is 2.61. The summed E-state index contributed by atoms with van der Waals surface area (Å²) < 4.78 is 0. The molecule has 0 aliphatic rings. The molecule has 0 unspecified atom stereocenters. The second kappa shape index (κ2) is 5.23. The summed E-state index contributed by atoms with van der Waals surface area (Å²) in [6.45, 7) is 0.915. The van der Waals surface area contributed by atoms with Gasteiger partial charge in [-0.2, -0.15) is 11.8 Å². The van der Waals surface area contributed by atoms with Gasteiger partial charge in [-0.1, -0.05) is 12.1 Å². The molecular formula is C12H16N4S. The zero-order valence-corrected chi connectivity index (χ0v) is 10.9. The number of rotatable bonds is 4. The Morgan fingerprint density at radius 3 is 2.53 bits per heavy atom. The Kier molecular flexibility index (Phi) is 3.68. The third-order valence-electron chi connectivity index (χ3n) is 2.57. The minimum Gasteiger partial charge on any atom is -0.381 e. The standard InChI is InChI=1S/C12H16N4S/c1-16(7-8-17-2)12-11(13)14-9-5-3-4-6-10(9)15-12/h3-6H,7-8H2,1-2H3,(H2,13,14). The van der Waals surface area contributed by atoms with E-state index >= 15 is 0 Å². The van der Waals surface area contributed by atoms with E-state index in [0.717, 1.165) is 29.1 Å². The molecule has 0 spiro atoms. The normalized spacial score (nSPS) is 10.7. The summed E-state index contributed by atoms with van der Waals surface area (Å²) in [5.41, 5.74) is 7.66. The van der Waals surface area contributed by atoms with E-state index in [9.17, 15) is 0 Å². The van der Waals surface area contributed by atoms with Crippen LogP contribution >= 0.6 is 11.8 Å². The van der Waals surface area contributed by atoms with E-state index in [1.165, 1.54) is 0 Å². The average molecular weight is 248 g/mol. The Balaban J connectivity index is 2.36. The fourth-order valence-corrected chi connectivity index (χ4v) is 2.08. The molecule has 5 heteroatoms. The van der Waals surface area contributed by atoms with Crippen molar-refractivity contribution in [3.8, 4) is 0 Å². The van der Waals surface area contributed by atoms with Gasteiger partial charge in [-0.05, 0) is 18.4 Å². The van der Waals surface area contributed by atoms with Crippen LogP contribution in [0.3, 0.4) is 0 Å². The van der Waals surface area contributed by atoms with Gasteiger partial charge in [-0.3, -0.25) is 0 Å². The molecule has 90 valence electrons. The number of nitrogens with zero attached hydrogens (tertiary/aromatic N) is 3. The van der Waals surface area contributed by atoms with Gasteiger partial charge in [0.25, 0.3) is 0 Å². The number of anilines is 2. The van der Waals surface area contributed by atoms with Crippen LogP contribution in [0.5, 0.6) is 0 Å². The van der Waals surface area contributed by atoms with Gasteiger partial charge in [0, 0.05) is 19.3 Å². The Hall–Kier alpha value is -1.49. The van der Waals surface area contributed by atoms with Crippen molar-refractivity contribution >= 4 is 34.4 Å². The Morgan fingerprint density at radius 2 is 1.88 bits per heavy atom. The highest BCUT2D eigenvalue weighted by Crippen LogP contribution is 2.21. The van der Waals surface area contributed by atoms with E-state index in [4.69, 9.17) is 5.73 Å². The molecule has 2 N–H and O–H groups in total. The number of hydrogen-bond acceptors (Lipinski definition) is 5. The zero-order valence-electron chi connectivity index (χ0n) is 10.1. The molecule has 0 saturated carbocycles. The van der Waals surface area contributed by atoms with Crippen LogP contribution in [0.4, 0.5) is 11.6 Å². The lowest BCUT2D eigenvalue weighted by Gasteiger charge is -2.19. The molecule has 4 nitrogen and oxygen atoms in total. The van der Waals surface area contributed by atoms with E-state index < -0.39 is 0 Å². The minimum absolute atomic E-state index is 0.493. The van der Waals surface area contributed by atoms with Crippen molar-refractivity contribution in [1.29, 1.82) is 0 Å². The van der Waals surface area contributed by atoms with Crippen LogP contribution in [0.2, 0.25) is 0 Å². The number of nitrogen functional groups attached to an aromatic ring is 1. The van der Waals surface area contributed by atoms with Crippen molar-refractivity contribution in [2.75, 3.05) is 36.2 Å². The highest BCUT2D eigenvalue weighted by molar-refractivity contribution is 7.98. The molecule has 2 rings (SSSR count). The van der Waals surface area contributed by atoms with Crippen LogP contribution in [-0.2, 0) is 0 Å². The molecule has 0 bridgehead atoms. The van der Waals surface area contributed by atoms with Crippen LogP contribution < -0.4 is 10.6 Å². The summed E-state index contributed by atoms with van der Waals surface area (Å²) in [6, 6.07) is 7.77. The number of fused-ring (bicyclic) bond motifs is 1. The molecule has 0 amide bonds. The smallest absolute Gasteiger partial charge is 0.171 e. The summed E-state index contributed by atoms with van der Waals surface area (Å²) in [5.74, 6) is 2.30. The van der Waals surface area contributed by atoms with Gasteiger partial charge in [0.05, 0.1) is 11.0 Å². The van der Waals surface area contributed by atoms with Crippen molar-refractivity contribution in [2.24, 2.45) is 0 Å². The van der Waals surface area contributed by atoms with E-state index in [1.807, 2.05) is 36.2 Å². The van der Waals surface area contributed by atoms with Gasteiger partial charge in [-0.25, -0.2) is 9.97 Å². The molecule has 17 heavy (non-hydrogen) atoms. The molecule has 1 heterocycles. The van der Waals surface area contributed by atoms with Crippen LogP contribution in [-0.4, -0.2) is 35.6 Å². The second-order valence-electron chi connectivity index (χ2n) is 3.84. The maximum absolute atomic E-state index is 5.94. The van der Waals surface area contributed by atoms with E-state index in [0.29, 0.717) is 5.82 Å². The topological polar surface area (TPSA) is 55.0 Å². The number of nitrogens with two attached hydrogens (primary N) is 1. The quantitative estimate of drug-likeness (QED) is 0.897. The predicted octanol–water partition coefficient (Wildman–Crippen LogP) is 2.01. The van der Waals surface area contributed by atoms with Crippen molar-refractivity contribution in [1.82, 2.24) is 9.97 Å². The first-order chi connectivity index (χ1) is 8.22. The lowest BCUT2D eigenvalue weighted by atomic mass is 10.3. The summed E-state index contributed by atoms with van der Waals surface area (Å²) in [7, 11) is 1.99. The number of benzene rings is 1. The zero-order chi connectivity index (χ0) is 12.3. The van der Waals surface area contributed by atoms with Gasteiger partial charge in [0.15, 0.2) is 11.6 Å². The Labute approximate surface area is 105 Å². The third-order valence-corrected chi connectivity index (χ3v) is 3.16. The second-order valence-corrected chi connectivity index (χ2v) is 4.82. The van der Waals surface area contributed by atoms with Crippen LogP contribution in [0.15, 0.2) is 24.3 Å². The predicted molar refractivity (Wildman–Crippen MR) is 75.6 cm³/mol. The summed E-state index contributed by atoms with van der Waals surface area (Å²) >= 11 is 1.80. The molecule has 0 aliphatic carbocycles. The lowest BCUT2D eigenvalue weighted by Crippen LogP contribution is -2.23. The van der Waals surface area contributed by atoms with Crippen molar-refractivity contribution in [3.63, 3.8) is 0 Å². The fourth-order valence-electron chi connectivity index (χ4n) is 1.62. The van der Waals surface area contributed by atoms with Crippen LogP contribution in [0, 0.1) is 0 Å². The van der Waals surface area contributed by atoms with E-state index in [2.05, 4.69) is 16.2 Å². The van der Waals surface area contributed by atoms with Crippen molar-refractivity contribution in [2.45, 2.75) is 0 Å². The largest absolute Gasteiger partial charge is 0.381 e. The number of hydrogen-bond donors (Lipinski definition) is 1. The van der Waals surface area contributed by atoms with Gasteiger partial charge in [-0.15, -0.1) is 0 Å². The van der Waals surface area contributed by atoms with Crippen molar-refractivity contribution in [3.05, 3.63) is 24.3 Å². The average Bonchev–Trinajstić information content (AvgIpc) is 2.35. The van der Waals surface area contributed by atoms with Gasteiger partial charge in [0.2, 0.25) is 0 Å². The molecule has 0 fully saturated rings. The molecular weight excluding hydrogens is 232 g/mol. The maximum atomic E-state index is 5.94. The minimum atomic E-state index is 0.493.